The number of hydrogen-bond donors (Lipinski definition) is 2. The first-order valence-corrected chi connectivity index (χ1v) is 9.03. The van der Waals surface area contributed by atoms with Crippen LogP contribution < -0.4 is 5.32 Å². The maximum absolute atomic E-state index is 13.9. The molecule has 6 heteroatoms. The van der Waals surface area contributed by atoms with Gasteiger partial charge in [0.2, 0.25) is 0 Å². The molecule has 0 aliphatic carbocycles. The Hall–Kier alpha value is -1.17. The molecular weight excluding hydrogens is 331 g/mol. The van der Waals surface area contributed by atoms with Crippen molar-refractivity contribution in [2.75, 3.05) is 13.1 Å². The predicted octanol–water partition coefficient (Wildman–Crippen LogP) is 3.68. The van der Waals surface area contributed by atoms with Crippen molar-refractivity contribution < 1.29 is 14.3 Å². The number of carbonyl (C=O) groups is 1. The fourth-order valence-electron chi connectivity index (χ4n) is 3.14. The Morgan fingerprint density at radius 3 is 2.75 bits per heavy atom. The second kappa shape index (κ2) is 9.35. The summed E-state index contributed by atoms with van der Waals surface area (Å²) in [5.74, 6) is -1.04. The lowest BCUT2D eigenvalue weighted by molar-refractivity contribution is -0.140. The zero-order valence-corrected chi connectivity index (χ0v) is 14.9. The van der Waals surface area contributed by atoms with Crippen LogP contribution in [0.3, 0.4) is 0 Å². The molecule has 0 radical (unpaired) electrons. The zero-order valence-electron chi connectivity index (χ0n) is 14.1. The first-order chi connectivity index (χ1) is 11.5. The number of carboxylic acids is 1. The molecular formula is C18H26ClFN2O2. The van der Waals surface area contributed by atoms with E-state index in [4.69, 9.17) is 11.6 Å². The van der Waals surface area contributed by atoms with Crippen molar-refractivity contribution in [2.45, 2.75) is 57.7 Å². The highest BCUT2D eigenvalue weighted by Gasteiger charge is 2.25. The normalized spacial score (nSPS) is 17.8. The van der Waals surface area contributed by atoms with Gasteiger partial charge in [-0.15, -0.1) is 0 Å². The van der Waals surface area contributed by atoms with Crippen LogP contribution >= 0.6 is 11.6 Å². The van der Waals surface area contributed by atoms with E-state index in [1.807, 2.05) is 0 Å². The molecule has 1 atom stereocenters. The number of carboxylic acid groups (broad SMARTS) is 1. The SMILES string of the molecule is CCCC[C@H](NC1CCN(Cc2c(F)cccc2Cl)CC1)C(=O)O. The molecule has 1 heterocycles. The van der Waals surface area contributed by atoms with Gasteiger partial charge in [-0.1, -0.05) is 37.4 Å². The minimum atomic E-state index is -0.774. The maximum atomic E-state index is 13.9. The van der Waals surface area contributed by atoms with Gasteiger partial charge in [0.05, 0.1) is 0 Å². The number of rotatable bonds is 8. The summed E-state index contributed by atoms with van der Waals surface area (Å²) < 4.78 is 13.9. The van der Waals surface area contributed by atoms with Crippen molar-refractivity contribution in [3.05, 3.63) is 34.6 Å². The zero-order chi connectivity index (χ0) is 17.5. The second-order valence-electron chi connectivity index (χ2n) is 6.45. The molecule has 1 aromatic rings. The molecule has 1 aliphatic heterocycles. The van der Waals surface area contributed by atoms with Crippen molar-refractivity contribution in [2.24, 2.45) is 0 Å². The van der Waals surface area contributed by atoms with Crippen LogP contribution in [0.5, 0.6) is 0 Å². The van der Waals surface area contributed by atoms with Crippen LogP contribution in [0.2, 0.25) is 5.02 Å². The van der Waals surface area contributed by atoms with Crippen LogP contribution in [-0.4, -0.2) is 41.1 Å². The number of nitrogens with one attached hydrogen (secondary N) is 1. The van der Waals surface area contributed by atoms with Gasteiger partial charge in [0.1, 0.15) is 11.9 Å². The molecule has 0 saturated carbocycles. The van der Waals surface area contributed by atoms with Gasteiger partial charge in [0, 0.05) is 23.2 Å². The second-order valence-corrected chi connectivity index (χ2v) is 6.86. The van der Waals surface area contributed by atoms with E-state index in [0.717, 1.165) is 38.8 Å². The van der Waals surface area contributed by atoms with Crippen LogP contribution in [0.25, 0.3) is 0 Å². The molecule has 1 fully saturated rings. The molecule has 0 aromatic heterocycles. The number of unbranched alkanes of at least 4 members (excludes halogenated alkanes) is 1. The van der Waals surface area contributed by atoms with Crippen molar-refractivity contribution in [3.8, 4) is 0 Å². The number of piperidine rings is 1. The highest BCUT2D eigenvalue weighted by molar-refractivity contribution is 6.31. The lowest BCUT2D eigenvalue weighted by Crippen LogP contribution is -2.48. The van der Waals surface area contributed by atoms with E-state index in [2.05, 4.69) is 17.1 Å². The Labute approximate surface area is 148 Å². The summed E-state index contributed by atoms with van der Waals surface area (Å²) in [6.07, 6.45) is 4.29. The lowest BCUT2D eigenvalue weighted by atomic mass is 10.0. The lowest BCUT2D eigenvalue weighted by Gasteiger charge is -2.34. The minimum absolute atomic E-state index is 0.204. The number of aliphatic carboxylic acids is 1. The summed E-state index contributed by atoms with van der Waals surface area (Å²) in [6.45, 7) is 4.17. The molecule has 4 nitrogen and oxygen atoms in total. The van der Waals surface area contributed by atoms with Crippen molar-refractivity contribution in [1.82, 2.24) is 10.2 Å². The summed E-state index contributed by atoms with van der Waals surface area (Å²) in [6, 6.07) is 4.48. The number of likely N-dealkylation sites (tertiary alicyclic amines) is 1. The molecule has 1 aliphatic rings. The third kappa shape index (κ3) is 5.43. The highest BCUT2D eigenvalue weighted by Crippen LogP contribution is 2.23. The first kappa shape index (κ1) is 19.2. The summed E-state index contributed by atoms with van der Waals surface area (Å²) in [5, 5.41) is 13.0. The monoisotopic (exact) mass is 356 g/mol. The van der Waals surface area contributed by atoms with Gasteiger partial charge >= 0.3 is 5.97 Å². The van der Waals surface area contributed by atoms with Crippen LogP contribution in [-0.2, 0) is 11.3 Å². The fourth-order valence-corrected chi connectivity index (χ4v) is 3.36. The van der Waals surface area contributed by atoms with E-state index < -0.39 is 12.0 Å². The smallest absolute Gasteiger partial charge is 0.320 e. The Bertz CT molecular complexity index is 528. The molecule has 0 amide bonds. The van der Waals surface area contributed by atoms with E-state index in [0.29, 0.717) is 23.6 Å². The third-order valence-corrected chi connectivity index (χ3v) is 4.97. The molecule has 1 aromatic carbocycles. The molecule has 2 N–H and O–H groups in total. The highest BCUT2D eigenvalue weighted by atomic mass is 35.5. The van der Waals surface area contributed by atoms with E-state index in [1.165, 1.54) is 6.07 Å². The number of hydrogen-bond acceptors (Lipinski definition) is 3. The maximum Gasteiger partial charge on any atom is 0.320 e. The number of halogens is 2. The van der Waals surface area contributed by atoms with Gasteiger partial charge in [0.15, 0.2) is 0 Å². The third-order valence-electron chi connectivity index (χ3n) is 4.61. The largest absolute Gasteiger partial charge is 0.480 e. The van der Waals surface area contributed by atoms with Crippen LogP contribution in [0.15, 0.2) is 18.2 Å². The van der Waals surface area contributed by atoms with E-state index in [9.17, 15) is 14.3 Å². The summed E-state index contributed by atoms with van der Waals surface area (Å²) in [5.41, 5.74) is 0.539. The molecule has 0 spiro atoms. The average Bonchev–Trinajstić information content (AvgIpc) is 2.56. The predicted molar refractivity (Wildman–Crippen MR) is 93.8 cm³/mol. The Kier molecular flexibility index (Phi) is 7.46. The van der Waals surface area contributed by atoms with Gasteiger partial charge < -0.3 is 10.4 Å². The van der Waals surface area contributed by atoms with Crippen LogP contribution in [0, 0.1) is 5.82 Å². The minimum Gasteiger partial charge on any atom is -0.480 e. The first-order valence-electron chi connectivity index (χ1n) is 8.65. The molecule has 0 bridgehead atoms. The quantitative estimate of drug-likeness (QED) is 0.746. The summed E-state index contributed by atoms with van der Waals surface area (Å²) >= 11 is 6.09. The Morgan fingerprint density at radius 2 is 2.17 bits per heavy atom. The Morgan fingerprint density at radius 1 is 1.46 bits per heavy atom. The molecule has 2 rings (SSSR count). The molecule has 24 heavy (non-hydrogen) atoms. The average molecular weight is 357 g/mol. The van der Waals surface area contributed by atoms with Gasteiger partial charge in [-0.2, -0.15) is 0 Å². The van der Waals surface area contributed by atoms with Gasteiger partial charge in [0.25, 0.3) is 0 Å². The van der Waals surface area contributed by atoms with Crippen LogP contribution in [0.1, 0.15) is 44.6 Å². The standard InChI is InChI=1S/C18H26ClFN2O2/c1-2-3-7-17(18(23)24)21-13-8-10-22(11-9-13)12-14-15(19)5-4-6-16(14)20/h4-6,13,17,21H,2-3,7-12H2,1H3,(H,23,24)/t17-/m0/s1. The summed E-state index contributed by atoms with van der Waals surface area (Å²) in [7, 11) is 0. The van der Waals surface area contributed by atoms with Crippen molar-refractivity contribution >= 4 is 17.6 Å². The van der Waals surface area contributed by atoms with E-state index in [-0.39, 0.29) is 11.9 Å². The van der Waals surface area contributed by atoms with Gasteiger partial charge in [-0.25, -0.2) is 4.39 Å². The van der Waals surface area contributed by atoms with Crippen LogP contribution in [0.4, 0.5) is 4.39 Å². The van der Waals surface area contributed by atoms with E-state index >= 15 is 0 Å². The Balaban J connectivity index is 1.83. The molecule has 0 unspecified atom stereocenters. The van der Waals surface area contributed by atoms with E-state index in [1.54, 1.807) is 12.1 Å². The van der Waals surface area contributed by atoms with Gasteiger partial charge in [-0.05, 0) is 44.5 Å². The number of nitrogens with zero attached hydrogens (tertiary/aromatic N) is 1. The summed E-state index contributed by atoms with van der Waals surface area (Å²) in [4.78, 5) is 13.5. The topological polar surface area (TPSA) is 52.6 Å². The molecule has 1 saturated heterocycles. The number of benzene rings is 1. The van der Waals surface area contributed by atoms with Crippen molar-refractivity contribution in [1.29, 1.82) is 0 Å². The molecule has 134 valence electrons. The van der Waals surface area contributed by atoms with Crippen molar-refractivity contribution in [3.63, 3.8) is 0 Å². The van der Waals surface area contributed by atoms with Gasteiger partial charge in [-0.3, -0.25) is 9.69 Å². The fraction of sp³-hybridized carbons (Fsp3) is 0.611.